The van der Waals surface area contributed by atoms with Crippen molar-refractivity contribution < 1.29 is 8.78 Å². The zero-order chi connectivity index (χ0) is 8.27. The zero-order valence-electron chi connectivity index (χ0n) is 5.44. The third-order valence-electron chi connectivity index (χ3n) is 1.14. The lowest BCUT2D eigenvalue weighted by molar-refractivity contribution is 0.512. The fourth-order valence-electron chi connectivity index (χ4n) is 0.661. The highest BCUT2D eigenvalue weighted by molar-refractivity contribution is 5.47. The van der Waals surface area contributed by atoms with Crippen LogP contribution < -0.4 is 5.32 Å². The maximum atomic E-state index is 12.6. The predicted octanol–water partition coefficient (Wildman–Crippen LogP) is 1.86. The van der Waals surface area contributed by atoms with Crippen LogP contribution in [0.3, 0.4) is 0 Å². The average molecular weight is 154 g/mol. The minimum atomic E-state index is -1.03. The van der Waals surface area contributed by atoms with Gasteiger partial charge < -0.3 is 0 Å². The summed E-state index contributed by atoms with van der Waals surface area (Å²) in [5.74, 6) is -2.00. The molecule has 0 spiro atoms. The summed E-state index contributed by atoms with van der Waals surface area (Å²) in [6, 6.07) is 3.58. The number of hydrogen-bond acceptors (Lipinski definition) is 2. The van der Waals surface area contributed by atoms with E-state index in [0.29, 0.717) is 0 Å². The van der Waals surface area contributed by atoms with Gasteiger partial charge in [-0.1, -0.05) is 6.07 Å². The number of nitriles is 1. The Morgan fingerprint density at radius 3 is 2.73 bits per heavy atom. The van der Waals surface area contributed by atoms with Crippen molar-refractivity contribution in [1.82, 2.24) is 0 Å². The molecule has 1 rings (SSSR count). The Kier molecular flexibility index (Phi) is 2.02. The molecule has 1 aromatic rings. The molecule has 0 radical (unpaired) electrons. The van der Waals surface area contributed by atoms with E-state index in [1.807, 2.05) is 5.32 Å². The van der Waals surface area contributed by atoms with Crippen LogP contribution in [-0.2, 0) is 0 Å². The molecule has 1 N–H and O–H groups in total. The van der Waals surface area contributed by atoms with E-state index >= 15 is 0 Å². The molecule has 0 saturated heterocycles. The first-order valence-corrected chi connectivity index (χ1v) is 2.85. The van der Waals surface area contributed by atoms with E-state index in [-0.39, 0.29) is 5.69 Å². The third-order valence-corrected chi connectivity index (χ3v) is 1.14. The van der Waals surface area contributed by atoms with Crippen molar-refractivity contribution in [2.45, 2.75) is 0 Å². The van der Waals surface area contributed by atoms with E-state index in [1.54, 1.807) is 0 Å². The van der Waals surface area contributed by atoms with Crippen molar-refractivity contribution in [3.63, 3.8) is 0 Å². The van der Waals surface area contributed by atoms with Crippen LogP contribution >= 0.6 is 0 Å². The van der Waals surface area contributed by atoms with Crippen molar-refractivity contribution in [1.29, 1.82) is 5.26 Å². The highest BCUT2D eigenvalue weighted by Crippen LogP contribution is 2.15. The Morgan fingerprint density at radius 1 is 1.36 bits per heavy atom. The van der Waals surface area contributed by atoms with Gasteiger partial charge >= 0.3 is 0 Å². The van der Waals surface area contributed by atoms with Crippen molar-refractivity contribution >= 4 is 5.69 Å². The van der Waals surface area contributed by atoms with E-state index in [4.69, 9.17) is 5.26 Å². The Bertz CT molecular complexity index is 304. The largest absolute Gasteiger partial charge is 0.290 e. The molecule has 2 nitrogen and oxygen atoms in total. The molecule has 0 aliphatic heterocycles. The lowest BCUT2D eigenvalue weighted by atomic mass is 10.3. The molecule has 0 heterocycles. The second-order valence-electron chi connectivity index (χ2n) is 1.84. The Morgan fingerprint density at radius 2 is 2.09 bits per heavy atom. The van der Waals surface area contributed by atoms with Crippen LogP contribution in [0.5, 0.6) is 0 Å². The molecule has 0 fully saturated rings. The van der Waals surface area contributed by atoms with Crippen molar-refractivity contribution in [3.8, 4) is 6.19 Å². The second kappa shape index (κ2) is 2.97. The summed E-state index contributed by atoms with van der Waals surface area (Å²) >= 11 is 0. The summed E-state index contributed by atoms with van der Waals surface area (Å²) < 4.78 is 25.0. The number of benzene rings is 1. The normalized spacial score (nSPS) is 8.82. The van der Waals surface area contributed by atoms with Gasteiger partial charge in [-0.2, -0.15) is 5.26 Å². The number of nitrogens with one attached hydrogen (secondary N) is 1. The first-order chi connectivity index (χ1) is 5.25. The standard InChI is InChI=1S/C7H4F2N2/c8-5-2-1-3-6(7(5)9)11-4-10/h1-3,11H. The monoisotopic (exact) mass is 154 g/mol. The highest BCUT2D eigenvalue weighted by atomic mass is 19.2. The minimum absolute atomic E-state index is 0.146. The maximum absolute atomic E-state index is 12.6. The molecule has 0 amide bonds. The Hall–Kier alpha value is -1.63. The first-order valence-electron chi connectivity index (χ1n) is 2.85. The number of nitrogens with zero attached hydrogens (tertiary/aromatic N) is 1. The van der Waals surface area contributed by atoms with Crippen LogP contribution in [0.25, 0.3) is 0 Å². The van der Waals surface area contributed by atoms with Crippen molar-refractivity contribution in [3.05, 3.63) is 29.8 Å². The number of rotatable bonds is 1. The molecule has 4 heteroatoms. The van der Waals surface area contributed by atoms with Gasteiger partial charge in [0.2, 0.25) is 0 Å². The van der Waals surface area contributed by atoms with E-state index in [1.165, 1.54) is 18.3 Å². The quantitative estimate of drug-likeness (QED) is 0.495. The van der Waals surface area contributed by atoms with Crippen LogP contribution in [0.1, 0.15) is 0 Å². The average Bonchev–Trinajstić information content (AvgIpc) is 1.99. The molecular weight excluding hydrogens is 150 g/mol. The summed E-state index contributed by atoms with van der Waals surface area (Å²) in [5, 5.41) is 10.1. The number of hydrogen-bond donors (Lipinski definition) is 1. The van der Waals surface area contributed by atoms with Gasteiger partial charge in [0.15, 0.2) is 17.8 Å². The van der Waals surface area contributed by atoms with Crippen molar-refractivity contribution in [2.24, 2.45) is 0 Å². The van der Waals surface area contributed by atoms with Crippen LogP contribution in [0, 0.1) is 23.1 Å². The summed E-state index contributed by atoms with van der Waals surface area (Å²) in [6.45, 7) is 0. The van der Waals surface area contributed by atoms with Gasteiger partial charge in [0.1, 0.15) is 0 Å². The minimum Gasteiger partial charge on any atom is -0.290 e. The topological polar surface area (TPSA) is 35.8 Å². The molecule has 11 heavy (non-hydrogen) atoms. The van der Waals surface area contributed by atoms with Crippen LogP contribution in [0.4, 0.5) is 14.5 Å². The predicted molar refractivity (Wildman–Crippen MR) is 35.6 cm³/mol. The van der Waals surface area contributed by atoms with Crippen molar-refractivity contribution in [2.75, 3.05) is 5.32 Å². The molecule has 0 saturated carbocycles. The summed E-state index contributed by atoms with van der Waals surface area (Å²) in [4.78, 5) is 0. The molecule has 0 bridgehead atoms. The fraction of sp³-hybridized carbons (Fsp3) is 0. The van der Waals surface area contributed by atoms with Crippen LogP contribution in [0.2, 0.25) is 0 Å². The third kappa shape index (κ3) is 1.44. The lowest BCUT2D eigenvalue weighted by Crippen LogP contribution is -1.93. The van der Waals surface area contributed by atoms with E-state index in [0.717, 1.165) is 6.07 Å². The van der Waals surface area contributed by atoms with Crippen LogP contribution in [-0.4, -0.2) is 0 Å². The fourth-order valence-corrected chi connectivity index (χ4v) is 0.661. The molecular formula is C7H4F2N2. The zero-order valence-corrected chi connectivity index (χ0v) is 5.44. The van der Waals surface area contributed by atoms with Gasteiger partial charge in [-0.15, -0.1) is 0 Å². The highest BCUT2D eigenvalue weighted by Gasteiger charge is 2.05. The van der Waals surface area contributed by atoms with E-state index in [2.05, 4.69) is 0 Å². The van der Waals surface area contributed by atoms with Gasteiger partial charge in [-0.3, -0.25) is 5.32 Å². The van der Waals surface area contributed by atoms with E-state index in [9.17, 15) is 8.78 Å². The van der Waals surface area contributed by atoms with Gasteiger partial charge in [-0.05, 0) is 12.1 Å². The molecule has 0 aliphatic rings. The summed E-state index contributed by atoms with van der Waals surface area (Å²) in [6.07, 6.45) is 1.50. The Balaban J connectivity index is 3.08. The summed E-state index contributed by atoms with van der Waals surface area (Å²) in [7, 11) is 0. The van der Waals surface area contributed by atoms with Gasteiger partial charge in [0.25, 0.3) is 0 Å². The Labute approximate surface area is 62.1 Å². The number of anilines is 1. The SMILES string of the molecule is N#CNc1cccc(F)c1F. The maximum Gasteiger partial charge on any atom is 0.182 e. The molecule has 0 atom stereocenters. The number of halogens is 2. The molecule has 56 valence electrons. The van der Waals surface area contributed by atoms with Gasteiger partial charge in [0.05, 0.1) is 5.69 Å². The molecule has 0 aliphatic carbocycles. The van der Waals surface area contributed by atoms with E-state index < -0.39 is 11.6 Å². The van der Waals surface area contributed by atoms with Crippen LogP contribution in [0.15, 0.2) is 18.2 Å². The van der Waals surface area contributed by atoms with Gasteiger partial charge in [-0.25, -0.2) is 8.78 Å². The van der Waals surface area contributed by atoms with Gasteiger partial charge in [0, 0.05) is 0 Å². The molecule has 1 aromatic carbocycles. The summed E-state index contributed by atoms with van der Waals surface area (Å²) in [5.41, 5.74) is -0.146. The molecule has 0 unspecified atom stereocenters. The first kappa shape index (κ1) is 7.48. The smallest absolute Gasteiger partial charge is 0.182 e. The lowest BCUT2D eigenvalue weighted by Gasteiger charge is -1.98. The molecule has 0 aromatic heterocycles. The second-order valence-corrected chi connectivity index (χ2v) is 1.84.